The molecule has 1 aromatic rings. The van der Waals surface area contributed by atoms with Crippen molar-refractivity contribution < 1.29 is 48.2 Å². The van der Waals surface area contributed by atoms with E-state index in [1.165, 1.54) is 6.92 Å². The van der Waals surface area contributed by atoms with E-state index in [9.17, 15) is 43.5 Å². The van der Waals surface area contributed by atoms with Gasteiger partial charge in [-0.05, 0) is 61.8 Å². The fraction of sp³-hybridized carbons (Fsp3) is 0.650. The fourth-order valence-corrected chi connectivity index (χ4v) is 5.73. The van der Waals surface area contributed by atoms with Gasteiger partial charge in [-0.1, -0.05) is 92.1 Å². The molecule has 7 amide bonds. The molecule has 9 N–H and O–H groups in total. The van der Waals surface area contributed by atoms with Gasteiger partial charge < -0.3 is 47.5 Å². The van der Waals surface area contributed by atoms with E-state index in [-0.39, 0.29) is 62.4 Å². The van der Waals surface area contributed by atoms with E-state index in [1.807, 2.05) is 66.7 Å². The number of alkyl carbamates (subject to hydrolysis) is 1. The molecular weight excluding hydrogens is 738 g/mol. The van der Waals surface area contributed by atoms with Gasteiger partial charge in [0.2, 0.25) is 35.4 Å². The molecule has 0 aliphatic carbocycles. The third kappa shape index (κ3) is 19.5. The van der Waals surface area contributed by atoms with Gasteiger partial charge in [0.1, 0.15) is 42.9 Å². The predicted octanol–water partition coefficient (Wildman–Crippen LogP) is 2.26. The Hall–Kier alpha value is -5.22. The lowest BCUT2D eigenvalue weighted by molar-refractivity contribution is -0.142. The van der Waals surface area contributed by atoms with Gasteiger partial charge in [-0.3, -0.25) is 28.8 Å². The van der Waals surface area contributed by atoms with Crippen molar-refractivity contribution in [1.82, 2.24) is 31.9 Å². The molecule has 0 saturated carbocycles. The number of ether oxygens (including phenoxy) is 1. The Bertz CT molecular complexity index is 1500. The van der Waals surface area contributed by atoms with Gasteiger partial charge in [-0.15, -0.1) is 0 Å². The minimum atomic E-state index is -1.42. The van der Waals surface area contributed by atoms with Crippen LogP contribution in [0.1, 0.15) is 106 Å². The average molecular weight is 804 g/mol. The average Bonchev–Trinajstić information content (AvgIpc) is 3.12. The maximum atomic E-state index is 13.9. The number of carboxylic acid groups (broad SMARTS) is 1. The molecular formula is C40H65N7O10. The molecule has 0 aliphatic heterocycles. The van der Waals surface area contributed by atoms with Gasteiger partial charge in [0.05, 0.1) is 0 Å². The van der Waals surface area contributed by atoms with Crippen LogP contribution in [0, 0.1) is 23.7 Å². The molecule has 0 aliphatic rings. The zero-order chi connectivity index (χ0) is 43.4. The number of hydrogen-bond acceptors (Lipinski definition) is 9. The standard InChI is InChI=1S/C40H65N7O10/c1-10-25(8)33(47-37(52)31(20-24(6)7)46-40(56)57-21-27-14-12-11-13-15-27)38(53)45-30(19-23(4)5)36(51)44-29(18-22(2)3)35(50)42-26(9)34(49)43-28(39(54)55)16-17-32(41)48/h11-15,22-26,28-31,33H,10,16-21H2,1-9H3,(H2,41,48)(H,42,50)(H,43,49)(H,44,51)(H,45,53)(H,46,56)(H,47,52)(H,54,55)/t25-,26-,28-,29-,30-,31-,33-/m0/s1. The number of aliphatic carboxylic acids is 1. The molecule has 0 spiro atoms. The van der Waals surface area contributed by atoms with Crippen molar-refractivity contribution in [2.45, 2.75) is 144 Å². The van der Waals surface area contributed by atoms with E-state index in [0.717, 1.165) is 5.56 Å². The summed E-state index contributed by atoms with van der Waals surface area (Å²) in [5.41, 5.74) is 5.88. The van der Waals surface area contributed by atoms with E-state index in [1.54, 1.807) is 19.1 Å². The molecule has 1 rings (SSSR count). The predicted molar refractivity (Wildman–Crippen MR) is 213 cm³/mol. The first-order valence-corrected chi connectivity index (χ1v) is 19.6. The zero-order valence-electron chi connectivity index (χ0n) is 34.8. The first kappa shape index (κ1) is 49.8. The van der Waals surface area contributed by atoms with Crippen LogP contribution in [0.4, 0.5) is 4.79 Å². The summed E-state index contributed by atoms with van der Waals surface area (Å²) in [6.07, 6.45) is -0.226. The third-order valence-electron chi connectivity index (χ3n) is 9.05. The Labute approximate surface area is 336 Å². The van der Waals surface area contributed by atoms with Crippen LogP contribution < -0.4 is 37.6 Å². The quantitative estimate of drug-likeness (QED) is 0.0715. The minimum Gasteiger partial charge on any atom is -0.480 e. The minimum absolute atomic E-state index is 0.000826. The largest absolute Gasteiger partial charge is 0.480 e. The Morgan fingerprint density at radius 2 is 1.07 bits per heavy atom. The van der Waals surface area contributed by atoms with Crippen LogP contribution in [0.15, 0.2) is 30.3 Å². The molecule has 320 valence electrons. The number of nitrogens with one attached hydrogen (secondary N) is 6. The van der Waals surface area contributed by atoms with Gasteiger partial charge in [0, 0.05) is 6.42 Å². The SMILES string of the molecule is CC[C@H](C)[C@H](NC(=O)[C@H](CC(C)C)NC(=O)OCc1ccccc1)C(=O)N[C@@H](CC(C)C)C(=O)N[C@@H](CC(C)C)C(=O)N[C@@H](C)C(=O)N[C@@H](CCC(N)=O)C(=O)O. The normalized spacial score (nSPS) is 14.9. The molecule has 17 nitrogen and oxygen atoms in total. The molecule has 0 unspecified atom stereocenters. The van der Waals surface area contributed by atoms with E-state index >= 15 is 0 Å². The summed E-state index contributed by atoms with van der Waals surface area (Å²) in [5.74, 6) is -6.13. The zero-order valence-corrected chi connectivity index (χ0v) is 34.8. The summed E-state index contributed by atoms with van der Waals surface area (Å²) in [5, 5.41) is 25.1. The summed E-state index contributed by atoms with van der Waals surface area (Å²) >= 11 is 0. The van der Waals surface area contributed by atoms with E-state index in [4.69, 9.17) is 10.5 Å². The molecule has 0 radical (unpaired) electrons. The molecule has 7 atom stereocenters. The Kier molecular flexibility index (Phi) is 21.9. The number of nitrogens with two attached hydrogens (primary N) is 1. The monoisotopic (exact) mass is 803 g/mol. The van der Waals surface area contributed by atoms with Crippen LogP contribution in [0.25, 0.3) is 0 Å². The van der Waals surface area contributed by atoms with Crippen LogP contribution >= 0.6 is 0 Å². The maximum Gasteiger partial charge on any atom is 0.408 e. The summed E-state index contributed by atoms with van der Waals surface area (Å²) in [7, 11) is 0. The number of benzene rings is 1. The number of carbonyl (C=O) groups excluding carboxylic acids is 7. The van der Waals surface area contributed by atoms with Crippen molar-refractivity contribution in [1.29, 1.82) is 0 Å². The lowest BCUT2D eigenvalue weighted by atomic mass is 9.95. The second-order valence-electron chi connectivity index (χ2n) is 15.8. The molecule has 17 heteroatoms. The molecule has 0 heterocycles. The highest BCUT2D eigenvalue weighted by Crippen LogP contribution is 2.14. The second-order valence-corrected chi connectivity index (χ2v) is 15.8. The van der Waals surface area contributed by atoms with E-state index < -0.39 is 83.8 Å². The number of primary amides is 1. The smallest absolute Gasteiger partial charge is 0.408 e. The highest BCUT2D eigenvalue weighted by molar-refractivity contribution is 5.96. The van der Waals surface area contributed by atoms with Gasteiger partial charge in [-0.25, -0.2) is 9.59 Å². The molecule has 0 aromatic heterocycles. The number of carboxylic acids is 1. The van der Waals surface area contributed by atoms with Gasteiger partial charge in [0.25, 0.3) is 0 Å². The number of rotatable bonds is 25. The molecule has 0 bridgehead atoms. The van der Waals surface area contributed by atoms with Crippen molar-refractivity contribution in [3.8, 4) is 0 Å². The van der Waals surface area contributed by atoms with Crippen LogP contribution in [0.2, 0.25) is 0 Å². The van der Waals surface area contributed by atoms with Gasteiger partial charge >= 0.3 is 12.1 Å². The third-order valence-corrected chi connectivity index (χ3v) is 9.05. The van der Waals surface area contributed by atoms with Crippen LogP contribution in [0.3, 0.4) is 0 Å². The molecule has 1 aromatic carbocycles. The first-order valence-electron chi connectivity index (χ1n) is 19.6. The summed E-state index contributed by atoms with van der Waals surface area (Å²) in [6.45, 7) is 16.1. The maximum absolute atomic E-state index is 13.9. The first-order chi connectivity index (χ1) is 26.6. The molecule has 0 fully saturated rings. The van der Waals surface area contributed by atoms with Gasteiger partial charge in [-0.2, -0.15) is 0 Å². The van der Waals surface area contributed by atoms with Crippen molar-refractivity contribution >= 4 is 47.5 Å². The fourth-order valence-electron chi connectivity index (χ4n) is 5.73. The molecule has 0 saturated heterocycles. The summed E-state index contributed by atoms with van der Waals surface area (Å²) in [4.78, 5) is 103. The lowest BCUT2D eigenvalue weighted by Gasteiger charge is -2.30. The molecule has 57 heavy (non-hydrogen) atoms. The lowest BCUT2D eigenvalue weighted by Crippen LogP contribution is -2.60. The van der Waals surface area contributed by atoms with E-state index in [2.05, 4.69) is 31.9 Å². The summed E-state index contributed by atoms with van der Waals surface area (Å²) in [6, 6.07) is 2.05. The second kappa shape index (κ2) is 25.1. The Morgan fingerprint density at radius 3 is 1.54 bits per heavy atom. The highest BCUT2D eigenvalue weighted by Gasteiger charge is 2.35. The number of amides is 7. The topological polar surface area (TPSA) is 264 Å². The summed E-state index contributed by atoms with van der Waals surface area (Å²) < 4.78 is 5.33. The highest BCUT2D eigenvalue weighted by atomic mass is 16.5. The van der Waals surface area contributed by atoms with Crippen LogP contribution in [-0.2, 0) is 44.9 Å². The van der Waals surface area contributed by atoms with Crippen LogP contribution in [0.5, 0.6) is 0 Å². The van der Waals surface area contributed by atoms with Crippen molar-refractivity contribution in [3.63, 3.8) is 0 Å². The number of hydrogen-bond donors (Lipinski definition) is 8. The van der Waals surface area contributed by atoms with Crippen molar-refractivity contribution in [2.75, 3.05) is 0 Å². The van der Waals surface area contributed by atoms with Crippen molar-refractivity contribution in [3.05, 3.63) is 35.9 Å². The number of carbonyl (C=O) groups is 8. The Morgan fingerprint density at radius 1 is 0.614 bits per heavy atom. The van der Waals surface area contributed by atoms with E-state index in [0.29, 0.717) is 6.42 Å². The van der Waals surface area contributed by atoms with Gasteiger partial charge in [0.15, 0.2) is 0 Å². The van der Waals surface area contributed by atoms with Crippen LogP contribution in [-0.4, -0.2) is 88.9 Å². The van der Waals surface area contributed by atoms with Crippen molar-refractivity contribution in [2.24, 2.45) is 29.4 Å². The Balaban J connectivity index is 3.16.